The van der Waals surface area contributed by atoms with E-state index in [1.807, 2.05) is 12.1 Å². The zero-order valence-electron chi connectivity index (χ0n) is 12.2. The van der Waals surface area contributed by atoms with Gasteiger partial charge in [-0.3, -0.25) is 4.79 Å². The molecule has 2 nitrogen and oxygen atoms in total. The monoisotopic (exact) mass is 304 g/mol. The van der Waals surface area contributed by atoms with Crippen LogP contribution < -0.4 is 4.74 Å². The highest BCUT2D eigenvalue weighted by Crippen LogP contribution is 2.59. The van der Waals surface area contributed by atoms with E-state index in [2.05, 4.69) is 0 Å². The summed E-state index contributed by atoms with van der Waals surface area (Å²) in [6, 6.07) is 7.20. The predicted octanol–water partition coefficient (Wildman–Crippen LogP) is 4.66. The Morgan fingerprint density at radius 1 is 1.05 bits per heavy atom. The van der Waals surface area contributed by atoms with Crippen molar-refractivity contribution < 1.29 is 9.53 Å². The zero-order chi connectivity index (χ0) is 14.4. The van der Waals surface area contributed by atoms with Crippen LogP contribution in [0.25, 0.3) is 0 Å². The lowest BCUT2D eigenvalue weighted by Gasteiger charge is -2.56. The first-order valence-corrected chi connectivity index (χ1v) is 8.42. The fourth-order valence-electron chi connectivity index (χ4n) is 5.39. The van der Waals surface area contributed by atoms with Crippen LogP contribution in [-0.4, -0.2) is 11.8 Å². The molecule has 4 aliphatic rings. The molecule has 0 saturated heterocycles. The topological polar surface area (TPSA) is 26.3 Å². The van der Waals surface area contributed by atoms with Crippen molar-refractivity contribution in [2.24, 2.45) is 23.2 Å². The molecule has 1 aromatic carbocycles. The second-order valence-corrected chi connectivity index (χ2v) is 7.85. The Balaban J connectivity index is 1.43. The fraction of sp³-hybridized carbons (Fsp3) is 0.611. The van der Waals surface area contributed by atoms with Gasteiger partial charge in [-0.15, -0.1) is 0 Å². The van der Waals surface area contributed by atoms with Gasteiger partial charge in [-0.1, -0.05) is 0 Å². The highest BCUT2D eigenvalue weighted by Gasteiger charge is 2.51. The Labute approximate surface area is 130 Å². The van der Waals surface area contributed by atoms with Crippen molar-refractivity contribution in [3.63, 3.8) is 0 Å². The standard InChI is InChI=1S/C18H21ClO2/c19-17(20)15-1-3-16(4-2-15)21-11-18-8-12-5-13(9-18)7-14(6-12)10-18/h1-4,12-14H,5-11H2. The van der Waals surface area contributed by atoms with Gasteiger partial charge in [0.1, 0.15) is 5.75 Å². The summed E-state index contributed by atoms with van der Waals surface area (Å²) in [5, 5.41) is -0.414. The molecule has 5 rings (SSSR count). The van der Waals surface area contributed by atoms with Crippen molar-refractivity contribution in [1.82, 2.24) is 0 Å². The number of hydrogen-bond acceptors (Lipinski definition) is 2. The molecule has 0 radical (unpaired) electrons. The van der Waals surface area contributed by atoms with Crippen LogP contribution in [0.2, 0.25) is 0 Å². The van der Waals surface area contributed by atoms with Gasteiger partial charge in [0.05, 0.1) is 6.61 Å². The minimum Gasteiger partial charge on any atom is -0.493 e. The van der Waals surface area contributed by atoms with E-state index >= 15 is 0 Å². The predicted molar refractivity (Wildman–Crippen MR) is 82.7 cm³/mol. The molecule has 0 amide bonds. The number of carbonyl (C=O) groups is 1. The summed E-state index contributed by atoms with van der Waals surface area (Å²) < 4.78 is 6.07. The molecule has 0 aliphatic heterocycles. The van der Waals surface area contributed by atoms with E-state index in [0.717, 1.165) is 30.1 Å². The summed E-state index contributed by atoms with van der Waals surface area (Å²) >= 11 is 5.46. The molecular weight excluding hydrogens is 284 g/mol. The molecule has 0 heterocycles. The normalized spacial score (nSPS) is 36.7. The van der Waals surface area contributed by atoms with E-state index < -0.39 is 5.24 Å². The van der Waals surface area contributed by atoms with E-state index in [-0.39, 0.29) is 0 Å². The van der Waals surface area contributed by atoms with Crippen molar-refractivity contribution in [3.8, 4) is 5.75 Å². The molecule has 0 N–H and O–H groups in total. The second kappa shape index (κ2) is 5.01. The lowest BCUT2D eigenvalue weighted by atomic mass is 9.50. The minimum absolute atomic E-state index is 0.414. The maximum absolute atomic E-state index is 11.1. The molecule has 1 aromatic rings. The van der Waals surface area contributed by atoms with Gasteiger partial charge in [0.15, 0.2) is 0 Å². The Morgan fingerprint density at radius 3 is 2.05 bits per heavy atom. The summed E-state index contributed by atoms with van der Waals surface area (Å²) in [6.45, 7) is 0.838. The average molecular weight is 305 g/mol. The second-order valence-electron chi connectivity index (χ2n) is 7.50. The van der Waals surface area contributed by atoms with Crippen LogP contribution >= 0.6 is 11.6 Å². The molecule has 4 saturated carbocycles. The van der Waals surface area contributed by atoms with Gasteiger partial charge in [0.25, 0.3) is 5.24 Å². The summed E-state index contributed by atoms with van der Waals surface area (Å²) in [7, 11) is 0. The summed E-state index contributed by atoms with van der Waals surface area (Å²) in [4.78, 5) is 11.1. The highest BCUT2D eigenvalue weighted by atomic mass is 35.5. The molecule has 0 spiro atoms. The van der Waals surface area contributed by atoms with Crippen LogP contribution in [0.5, 0.6) is 5.75 Å². The Kier molecular flexibility index (Phi) is 3.25. The maximum Gasteiger partial charge on any atom is 0.252 e. The van der Waals surface area contributed by atoms with Crippen molar-refractivity contribution in [1.29, 1.82) is 0 Å². The van der Waals surface area contributed by atoms with Gasteiger partial charge in [-0.2, -0.15) is 0 Å². The summed E-state index contributed by atoms with van der Waals surface area (Å²) in [5.41, 5.74) is 0.953. The van der Waals surface area contributed by atoms with Gasteiger partial charge in [0.2, 0.25) is 0 Å². The van der Waals surface area contributed by atoms with Crippen LogP contribution in [0.1, 0.15) is 48.9 Å². The van der Waals surface area contributed by atoms with E-state index in [9.17, 15) is 4.79 Å². The zero-order valence-corrected chi connectivity index (χ0v) is 12.9. The number of hydrogen-bond donors (Lipinski definition) is 0. The average Bonchev–Trinajstić information content (AvgIpc) is 2.44. The summed E-state index contributed by atoms with van der Waals surface area (Å²) in [6.07, 6.45) is 8.47. The highest BCUT2D eigenvalue weighted by molar-refractivity contribution is 6.67. The Morgan fingerprint density at radius 2 is 1.57 bits per heavy atom. The first kappa shape index (κ1) is 13.6. The van der Waals surface area contributed by atoms with Gasteiger partial charge in [-0.25, -0.2) is 0 Å². The molecule has 4 bridgehead atoms. The molecule has 0 atom stereocenters. The van der Waals surface area contributed by atoms with E-state index in [4.69, 9.17) is 16.3 Å². The van der Waals surface area contributed by atoms with E-state index in [1.54, 1.807) is 12.1 Å². The van der Waals surface area contributed by atoms with Crippen LogP contribution in [0.15, 0.2) is 24.3 Å². The molecular formula is C18H21ClO2. The van der Waals surface area contributed by atoms with E-state index in [1.165, 1.54) is 38.5 Å². The van der Waals surface area contributed by atoms with Gasteiger partial charge in [-0.05, 0) is 92.1 Å². The minimum atomic E-state index is -0.414. The van der Waals surface area contributed by atoms with Crippen molar-refractivity contribution in [2.45, 2.75) is 38.5 Å². The van der Waals surface area contributed by atoms with Crippen LogP contribution in [0, 0.1) is 23.2 Å². The number of rotatable bonds is 4. The third-order valence-electron chi connectivity index (χ3n) is 5.79. The first-order valence-electron chi connectivity index (χ1n) is 8.05. The van der Waals surface area contributed by atoms with Crippen molar-refractivity contribution >= 4 is 16.8 Å². The van der Waals surface area contributed by atoms with Crippen LogP contribution in [-0.2, 0) is 0 Å². The number of halogens is 1. The van der Waals surface area contributed by atoms with Crippen LogP contribution in [0.3, 0.4) is 0 Å². The molecule has 4 aliphatic carbocycles. The van der Waals surface area contributed by atoms with Gasteiger partial charge < -0.3 is 4.74 Å². The van der Waals surface area contributed by atoms with Crippen LogP contribution in [0.4, 0.5) is 0 Å². The largest absolute Gasteiger partial charge is 0.493 e. The smallest absolute Gasteiger partial charge is 0.252 e. The quantitative estimate of drug-likeness (QED) is 0.756. The Hall–Kier alpha value is -1.02. The van der Waals surface area contributed by atoms with Gasteiger partial charge >= 0.3 is 0 Å². The Bertz CT molecular complexity index is 514. The fourth-order valence-corrected chi connectivity index (χ4v) is 5.51. The van der Waals surface area contributed by atoms with E-state index in [0.29, 0.717) is 11.0 Å². The molecule has 0 unspecified atom stereocenters. The number of ether oxygens (including phenoxy) is 1. The lowest BCUT2D eigenvalue weighted by Crippen LogP contribution is -2.48. The summed E-state index contributed by atoms with van der Waals surface area (Å²) in [5.74, 6) is 3.72. The third-order valence-corrected chi connectivity index (χ3v) is 6.01. The lowest BCUT2D eigenvalue weighted by molar-refractivity contribution is -0.0745. The molecule has 21 heavy (non-hydrogen) atoms. The number of carbonyl (C=O) groups excluding carboxylic acids is 1. The van der Waals surface area contributed by atoms with Crippen molar-refractivity contribution in [2.75, 3.05) is 6.61 Å². The maximum atomic E-state index is 11.1. The SMILES string of the molecule is O=C(Cl)c1ccc(OCC23CC4CC(CC(C4)C2)C3)cc1. The van der Waals surface area contributed by atoms with Crippen molar-refractivity contribution in [3.05, 3.63) is 29.8 Å². The number of benzene rings is 1. The molecule has 3 heteroatoms. The first-order chi connectivity index (χ1) is 10.1. The molecule has 4 fully saturated rings. The third kappa shape index (κ3) is 2.59. The molecule has 112 valence electrons. The molecule has 0 aromatic heterocycles. The van der Waals surface area contributed by atoms with Gasteiger partial charge in [0, 0.05) is 11.0 Å².